The van der Waals surface area contributed by atoms with Gasteiger partial charge in [-0.3, -0.25) is 9.48 Å². The van der Waals surface area contributed by atoms with Crippen molar-refractivity contribution in [3.05, 3.63) is 40.6 Å². The van der Waals surface area contributed by atoms with Crippen LogP contribution in [0.5, 0.6) is 5.75 Å². The maximum atomic E-state index is 12.2. The van der Waals surface area contributed by atoms with E-state index in [2.05, 4.69) is 26.3 Å². The average molecular weight is 352 g/mol. The number of hydrogen-bond acceptors (Lipinski definition) is 3. The molecular weight excluding hydrogens is 334 g/mol. The Kier molecular flexibility index (Phi) is 5.01. The first-order valence-electron chi connectivity index (χ1n) is 6.63. The standard InChI is InChI=1S/C15H18BrN3O2/c1-10-6-13(21-3)4-5-14(10)18-15(20)11(2)8-19-9-12(16)7-17-19/h4-7,9,11H,8H2,1-3H3,(H,18,20). The third kappa shape index (κ3) is 4.07. The first-order chi connectivity index (χ1) is 9.99. The molecule has 6 heteroatoms. The number of halogens is 1. The lowest BCUT2D eigenvalue weighted by Gasteiger charge is -2.14. The fourth-order valence-electron chi connectivity index (χ4n) is 1.96. The zero-order valence-corrected chi connectivity index (χ0v) is 13.8. The Morgan fingerprint density at radius 1 is 1.52 bits per heavy atom. The predicted molar refractivity (Wildman–Crippen MR) is 85.5 cm³/mol. The largest absolute Gasteiger partial charge is 0.497 e. The minimum atomic E-state index is -0.182. The Morgan fingerprint density at radius 3 is 2.86 bits per heavy atom. The van der Waals surface area contributed by atoms with E-state index in [1.807, 2.05) is 38.2 Å². The maximum absolute atomic E-state index is 12.2. The summed E-state index contributed by atoms with van der Waals surface area (Å²) in [5.41, 5.74) is 1.77. The zero-order chi connectivity index (χ0) is 15.4. The van der Waals surface area contributed by atoms with Crippen LogP contribution in [0.25, 0.3) is 0 Å². The Hall–Kier alpha value is -1.82. The molecule has 1 unspecified atom stereocenters. The zero-order valence-electron chi connectivity index (χ0n) is 12.3. The second kappa shape index (κ2) is 6.76. The second-order valence-corrected chi connectivity index (χ2v) is 5.87. The first kappa shape index (κ1) is 15.6. The number of carbonyl (C=O) groups is 1. The van der Waals surface area contributed by atoms with Crippen molar-refractivity contribution in [3.63, 3.8) is 0 Å². The molecule has 0 saturated heterocycles. The molecule has 2 aromatic rings. The molecule has 1 heterocycles. The van der Waals surface area contributed by atoms with Crippen LogP contribution in [-0.4, -0.2) is 22.8 Å². The summed E-state index contributed by atoms with van der Waals surface area (Å²) in [5, 5.41) is 7.10. The number of rotatable bonds is 5. The molecule has 0 spiro atoms. The molecule has 0 bridgehead atoms. The first-order valence-corrected chi connectivity index (χ1v) is 7.42. The maximum Gasteiger partial charge on any atom is 0.229 e. The van der Waals surface area contributed by atoms with E-state index >= 15 is 0 Å². The number of nitrogens with zero attached hydrogens (tertiary/aromatic N) is 2. The van der Waals surface area contributed by atoms with Crippen LogP contribution in [0.1, 0.15) is 12.5 Å². The molecule has 0 aliphatic heterocycles. The Balaban J connectivity index is 2.00. The fraction of sp³-hybridized carbons (Fsp3) is 0.333. The summed E-state index contributed by atoms with van der Waals surface area (Å²) in [7, 11) is 1.62. The van der Waals surface area contributed by atoms with Crippen molar-refractivity contribution >= 4 is 27.5 Å². The molecule has 5 nitrogen and oxygen atoms in total. The van der Waals surface area contributed by atoms with Crippen molar-refractivity contribution < 1.29 is 9.53 Å². The highest BCUT2D eigenvalue weighted by atomic mass is 79.9. The SMILES string of the molecule is COc1ccc(NC(=O)C(C)Cn2cc(Br)cn2)c(C)c1. The van der Waals surface area contributed by atoms with Crippen molar-refractivity contribution in [1.82, 2.24) is 9.78 Å². The summed E-state index contributed by atoms with van der Waals surface area (Å²) in [5.74, 6) is 0.563. The van der Waals surface area contributed by atoms with Gasteiger partial charge in [0.05, 0.1) is 30.2 Å². The number of methoxy groups -OCH3 is 1. The molecular formula is C15H18BrN3O2. The van der Waals surface area contributed by atoms with Crippen LogP contribution in [0.2, 0.25) is 0 Å². The van der Waals surface area contributed by atoms with Crippen molar-refractivity contribution in [1.29, 1.82) is 0 Å². The van der Waals surface area contributed by atoms with Crippen LogP contribution >= 0.6 is 15.9 Å². The smallest absolute Gasteiger partial charge is 0.229 e. The summed E-state index contributed by atoms with van der Waals surface area (Å²) >= 11 is 3.34. The van der Waals surface area contributed by atoms with Gasteiger partial charge < -0.3 is 10.1 Å². The quantitative estimate of drug-likeness (QED) is 0.899. The highest BCUT2D eigenvalue weighted by Crippen LogP contribution is 2.21. The lowest BCUT2D eigenvalue weighted by molar-refractivity contribution is -0.119. The monoisotopic (exact) mass is 351 g/mol. The van der Waals surface area contributed by atoms with Crippen molar-refractivity contribution in [2.24, 2.45) is 5.92 Å². The predicted octanol–water partition coefficient (Wildman–Crippen LogP) is 3.24. The molecule has 21 heavy (non-hydrogen) atoms. The Bertz CT molecular complexity index is 640. The second-order valence-electron chi connectivity index (χ2n) is 4.95. The van der Waals surface area contributed by atoms with Gasteiger partial charge in [0, 0.05) is 11.9 Å². The number of anilines is 1. The molecule has 0 fully saturated rings. The van der Waals surface area contributed by atoms with E-state index in [1.165, 1.54) is 0 Å². The van der Waals surface area contributed by atoms with Crippen molar-refractivity contribution in [2.45, 2.75) is 20.4 Å². The summed E-state index contributed by atoms with van der Waals surface area (Å²) in [4.78, 5) is 12.2. The number of aromatic nitrogens is 2. The molecule has 1 N–H and O–H groups in total. The van der Waals surface area contributed by atoms with Gasteiger partial charge in [-0.1, -0.05) is 6.92 Å². The topological polar surface area (TPSA) is 56.1 Å². The Labute approximate surface area is 132 Å². The summed E-state index contributed by atoms with van der Waals surface area (Å²) < 4.78 is 7.80. The number of carbonyl (C=O) groups excluding carboxylic acids is 1. The summed E-state index contributed by atoms with van der Waals surface area (Å²) in [6, 6.07) is 5.58. The molecule has 0 saturated carbocycles. The molecule has 1 atom stereocenters. The third-order valence-electron chi connectivity index (χ3n) is 3.20. The van der Waals surface area contributed by atoms with E-state index < -0.39 is 0 Å². The van der Waals surface area contributed by atoms with Crippen LogP contribution in [0.15, 0.2) is 35.1 Å². The van der Waals surface area contributed by atoms with Crippen LogP contribution in [0.4, 0.5) is 5.69 Å². The van der Waals surface area contributed by atoms with E-state index in [0.29, 0.717) is 6.54 Å². The number of ether oxygens (including phenoxy) is 1. The van der Waals surface area contributed by atoms with Gasteiger partial charge in [-0.2, -0.15) is 5.10 Å². The van der Waals surface area contributed by atoms with Crippen LogP contribution in [0.3, 0.4) is 0 Å². The average Bonchev–Trinajstić information content (AvgIpc) is 2.86. The van der Waals surface area contributed by atoms with Gasteiger partial charge in [0.25, 0.3) is 0 Å². The molecule has 1 amide bonds. The number of aryl methyl sites for hydroxylation is 1. The minimum Gasteiger partial charge on any atom is -0.497 e. The van der Waals surface area contributed by atoms with Crippen LogP contribution in [-0.2, 0) is 11.3 Å². The lowest BCUT2D eigenvalue weighted by Crippen LogP contribution is -2.25. The van der Waals surface area contributed by atoms with E-state index in [4.69, 9.17) is 4.74 Å². The summed E-state index contributed by atoms with van der Waals surface area (Å²) in [6.45, 7) is 4.35. The molecule has 0 radical (unpaired) electrons. The van der Waals surface area contributed by atoms with Crippen LogP contribution < -0.4 is 10.1 Å². The summed E-state index contributed by atoms with van der Waals surface area (Å²) in [6.07, 6.45) is 3.56. The highest BCUT2D eigenvalue weighted by molar-refractivity contribution is 9.10. The molecule has 1 aromatic heterocycles. The number of nitrogens with one attached hydrogen (secondary N) is 1. The van der Waals surface area contributed by atoms with Gasteiger partial charge in [0.15, 0.2) is 0 Å². The highest BCUT2D eigenvalue weighted by Gasteiger charge is 2.15. The normalized spacial score (nSPS) is 12.0. The molecule has 0 aliphatic carbocycles. The number of amides is 1. The van der Waals surface area contributed by atoms with Gasteiger partial charge >= 0.3 is 0 Å². The van der Waals surface area contributed by atoms with Gasteiger partial charge in [0.1, 0.15) is 5.75 Å². The van der Waals surface area contributed by atoms with Gasteiger partial charge in [-0.25, -0.2) is 0 Å². The third-order valence-corrected chi connectivity index (χ3v) is 3.61. The number of benzene rings is 1. The van der Waals surface area contributed by atoms with Gasteiger partial charge in [-0.05, 0) is 46.6 Å². The van der Waals surface area contributed by atoms with E-state index in [-0.39, 0.29) is 11.8 Å². The molecule has 0 aliphatic rings. The van der Waals surface area contributed by atoms with E-state index in [0.717, 1.165) is 21.5 Å². The van der Waals surface area contributed by atoms with Crippen LogP contribution in [0, 0.1) is 12.8 Å². The van der Waals surface area contributed by atoms with E-state index in [9.17, 15) is 4.79 Å². The van der Waals surface area contributed by atoms with Crippen molar-refractivity contribution in [3.8, 4) is 5.75 Å². The molecule has 112 valence electrons. The molecule has 2 rings (SSSR count). The fourth-order valence-corrected chi connectivity index (χ4v) is 2.29. The minimum absolute atomic E-state index is 0.0325. The van der Waals surface area contributed by atoms with E-state index in [1.54, 1.807) is 18.0 Å². The van der Waals surface area contributed by atoms with Gasteiger partial charge in [0.2, 0.25) is 5.91 Å². The van der Waals surface area contributed by atoms with Crippen molar-refractivity contribution in [2.75, 3.05) is 12.4 Å². The van der Waals surface area contributed by atoms with Gasteiger partial charge in [-0.15, -0.1) is 0 Å². The number of hydrogen-bond donors (Lipinski definition) is 1. The lowest BCUT2D eigenvalue weighted by atomic mass is 10.1. The Morgan fingerprint density at radius 2 is 2.29 bits per heavy atom. The molecule has 1 aromatic carbocycles.